The topological polar surface area (TPSA) is 83.2 Å². The van der Waals surface area contributed by atoms with Crippen LogP contribution in [0.4, 0.5) is 17.5 Å². The zero-order chi connectivity index (χ0) is 19.7. The summed E-state index contributed by atoms with van der Waals surface area (Å²) >= 11 is 0. The van der Waals surface area contributed by atoms with Gasteiger partial charge in [-0.1, -0.05) is 18.2 Å². The first-order chi connectivity index (χ1) is 13.5. The molecular weight excluding hydrogens is 350 g/mol. The monoisotopic (exact) mass is 377 g/mol. The van der Waals surface area contributed by atoms with Gasteiger partial charge in [-0.3, -0.25) is 0 Å². The van der Waals surface area contributed by atoms with Crippen molar-refractivity contribution in [1.82, 2.24) is 19.9 Å². The summed E-state index contributed by atoms with van der Waals surface area (Å²) in [6, 6.07) is 12.5. The number of fused-ring (bicyclic) bond motifs is 1. The van der Waals surface area contributed by atoms with E-state index in [0.29, 0.717) is 23.5 Å². The Hall–Kier alpha value is -2.93. The molecule has 1 fully saturated rings. The standard InChI is InChI=1S/C21H27N7/c1-27(2)18-7-5-4-6-15(18)17-9-8-16-19(22)25-21(26-20(16)24-17)23-14-10-12-28(3)13-11-14/h4-9,14H,10-13H2,1-3H3,(H3,22,23,24,25,26). The van der Waals surface area contributed by atoms with Crippen molar-refractivity contribution < 1.29 is 0 Å². The minimum atomic E-state index is 0.366. The van der Waals surface area contributed by atoms with Crippen LogP contribution in [0.5, 0.6) is 0 Å². The van der Waals surface area contributed by atoms with Gasteiger partial charge in [0, 0.05) is 31.4 Å². The Morgan fingerprint density at radius 1 is 1.04 bits per heavy atom. The summed E-state index contributed by atoms with van der Waals surface area (Å²) in [7, 11) is 6.21. The van der Waals surface area contributed by atoms with Crippen LogP contribution in [-0.4, -0.2) is 60.1 Å². The third-order valence-electron chi connectivity index (χ3n) is 5.30. The number of para-hydroxylation sites is 1. The molecule has 0 atom stereocenters. The van der Waals surface area contributed by atoms with E-state index in [1.54, 1.807) is 0 Å². The van der Waals surface area contributed by atoms with E-state index >= 15 is 0 Å². The van der Waals surface area contributed by atoms with Crippen LogP contribution in [0.3, 0.4) is 0 Å². The molecule has 2 aromatic heterocycles. The van der Waals surface area contributed by atoms with E-state index in [4.69, 9.17) is 10.7 Å². The van der Waals surface area contributed by atoms with Crippen LogP contribution >= 0.6 is 0 Å². The van der Waals surface area contributed by atoms with Crippen LogP contribution in [0.15, 0.2) is 36.4 Å². The summed E-state index contributed by atoms with van der Waals surface area (Å²) in [5.74, 6) is 1.02. The lowest BCUT2D eigenvalue weighted by molar-refractivity contribution is 0.263. The van der Waals surface area contributed by atoms with Gasteiger partial charge in [-0.2, -0.15) is 9.97 Å². The zero-order valence-electron chi connectivity index (χ0n) is 16.7. The molecule has 1 saturated heterocycles. The van der Waals surface area contributed by atoms with Gasteiger partial charge in [0.15, 0.2) is 5.65 Å². The first-order valence-corrected chi connectivity index (χ1v) is 9.67. The third kappa shape index (κ3) is 3.71. The van der Waals surface area contributed by atoms with E-state index in [-0.39, 0.29) is 0 Å². The Kier molecular flexibility index (Phi) is 5.00. The molecule has 7 heteroatoms. The zero-order valence-corrected chi connectivity index (χ0v) is 16.7. The number of rotatable bonds is 4. The average molecular weight is 377 g/mol. The molecule has 0 spiro atoms. The van der Waals surface area contributed by atoms with Crippen LogP contribution < -0.4 is 16.0 Å². The van der Waals surface area contributed by atoms with Gasteiger partial charge in [-0.25, -0.2) is 4.98 Å². The van der Waals surface area contributed by atoms with E-state index in [1.165, 1.54) is 0 Å². The second-order valence-corrected chi connectivity index (χ2v) is 7.63. The van der Waals surface area contributed by atoms with Gasteiger partial charge in [-0.05, 0) is 51.2 Å². The lowest BCUT2D eigenvalue weighted by Crippen LogP contribution is -2.37. The minimum Gasteiger partial charge on any atom is -0.383 e. The Labute approximate surface area is 165 Å². The number of anilines is 3. The molecule has 1 aromatic carbocycles. The number of hydrogen-bond donors (Lipinski definition) is 2. The van der Waals surface area contributed by atoms with Crippen LogP contribution in [0.1, 0.15) is 12.8 Å². The number of hydrogen-bond acceptors (Lipinski definition) is 7. The van der Waals surface area contributed by atoms with Gasteiger partial charge in [0.2, 0.25) is 5.95 Å². The van der Waals surface area contributed by atoms with E-state index in [9.17, 15) is 0 Å². The maximum absolute atomic E-state index is 6.20. The first kappa shape index (κ1) is 18.4. The molecule has 1 aliphatic rings. The molecule has 28 heavy (non-hydrogen) atoms. The Balaban J connectivity index is 1.69. The van der Waals surface area contributed by atoms with Gasteiger partial charge in [-0.15, -0.1) is 0 Å². The largest absolute Gasteiger partial charge is 0.383 e. The minimum absolute atomic E-state index is 0.366. The number of nitrogens with one attached hydrogen (secondary N) is 1. The first-order valence-electron chi connectivity index (χ1n) is 9.67. The quantitative estimate of drug-likeness (QED) is 0.723. The van der Waals surface area contributed by atoms with Crippen molar-refractivity contribution in [1.29, 1.82) is 0 Å². The van der Waals surface area contributed by atoms with E-state index in [2.05, 4.69) is 44.3 Å². The molecule has 0 bridgehead atoms. The number of pyridine rings is 1. The molecule has 0 amide bonds. The summed E-state index contributed by atoms with van der Waals surface area (Å²) < 4.78 is 0. The molecule has 4 rings (SSSR count). The molecule has 3 aromatic rings. The van der Waals surface area contributed by atoms with Crippen molar-refractivity contribution in [2.24, 2.45) is 0 Å². The van der Waals surface area contributed by atoms with Crippen LogP contribution in [0, 0.1) is 0 Å². The highest BCUT2D eigenvalue weighted by atomic mass is 15.2. The highest BCUT2D eigenvalue weighted by Gasteiger charge is 2.18. The fourth-order valence-corrected chi connectivity index (χ4v) is 3.66. The molecular formula is C21H27N7. The molecule has 146 valence electrons. The number of piperidine rings is 1. The molecule has 0 aliphatic carbocycles. The van der Waals surface area contributed by atoms with Crippen molar-refractivity contribution >= 4 is 28.5 Å². The van der Waals surface area contributed by atoms with E-state index < -0.39 is 0 Å². The summed E-state index contributed by atoms with van der Waals surface area (Å²) in [5.41, 5.74) is 9.88. The van der Waals surface area contributed by atoms with Crippen LogP contribution in [-0.2, 0) is 0 Å². The second-order valence-electron chi connectivity index (χ2n) is 7.63. The number of likely N-dealkylation sites (tertiary alicyclic amines) is 1. The average Bonchev–Trinajstić information content (AvgIpc) is 2.69. The second kappa shape index (κ2) is 7.59. The van der Waals surface area contributed by atoms with Crippen LogP contribution in [0.2, 0.25) is 0 Å². The molecule has 0 unspecified atom stereocenters. The predicted molar refractivity (Wildman–Crippen MR) is 116 cm³/mol. The number of benzene rings is 1. The third-order valence-corrected chi connectivity index (χ3v) is 5.30. The molecule has 0 saturated carbocycles. The van der Waals surface area contributed by atoms with Crippen molar-refractivity contribution in [2.75, 3.05) is 50.2 Å². The van der Waals surface area contributed by atoms with Crippen LogP contribution in [0.25, 0.3) is 22.3 Å². The fraction of sp³-hybridized carbons (Fsp3) is 0.381. The number of aromatic nitrogens is 3. The predicted octanol–water partition coefficient (Wildman–Crippen LogP) is 2.85. The summed E-state index contributed by atoms with van der Waals surface area (Å²) in [5, 5.41) is 4.22. The van der Waals surface area contributed by atoms with Gasteiger partial charge < -0.3 is 20.9 Å². The molecule has 7 nitrogen and oxygen atoms in total. The van der Waals surface area contributed by atoms with E-state index in [1.807, 2.05) is 38.4 Å². The maximum atomic E-state index is 6.20. The highest BCUT2D eigenvalue weighted by molar-refractivity contribution is 5.89. The van der Waals surface area contributed by atoms with Crippen molar-refractivity contribution in [3.05, 3.63) is 36.4 Å². The molecule has 3 N–H and O–H groups in total. The van der Waals surface area contributed by atoms with Crippen molar-refractivity contribution in [2.45, 2.75) is 18.9 Å². The summed E-state index contributed by atoms with van der Waals surface area (Å²) in [4.78, 5) is 18.4. The van der Waals surface area contributed by atoms with Gasteiger partial charge in [0.05, 0.1) is 11.1 Å². The Morgan fingerprint density at radius 3 is 2.54 bits per heavy atom. The van der Waals surface area contributed by atoms with Crippen molar-refractivity contribution in [3.63, 3.8) is 0 Å². The summed E-state index contributed by atoms with van der Waals surface area (Å²) in [6.45, 7) is 2.15. The normalized spacial score (nSPS) is 15.7. The van der Waals surface area contributed by atoms with Crippen molar-refractivity contribution in [3.8, 4) is 11.3 Å². The Morgan fingerprint density at radius 2 is 1.79 bits per heavy atom. The number of nitrogens with two attached hydrogens (primary N) is 1. The summed E-state index contributed by atoms with van der Waals surface area (Å²) in [6.07, 6.45) is 2.14. The maximum Gasteiger partial charge on any atom is 0.226 e. The molecule has 1 aliphatic heterocycles. The van der Waals surface area contributed by atoms with Gasteiger partial charge >= 0.3 is 0 Å². The lowest BCUT2D eigenvalue weighted by Gasteiger charge is -2.29. The fourth-order valence-electron chi connectivity index (χ4n) is 3.66. The smallest absolute Gasteiger partial charge is 0.226 e. The van der Waals surface area contributed by atoms with Gasteiger partial charge in [0.1, 0.15) is 5.82 Å². The molecule has 3 heterocycles. The highest BCUT2D eigenvalue weighted by Crippen LogP contribution is 2.30. The lowest BCUT2D eigenvalue weighted by atomic mass is 10.1. The Bertz CT molecular complexity index is 978. The SMILES string of the molecule is CN1CCC(Nc2nc(N)c3ccc(-c4ccccc4N(C)C)nc3n2)CC1. The molecule has 0 radical (unpaired) electrons. The van der Waals surface area contributed by atoms with Gasteiger partial charge in [0.25, 0.3) is 0 Å². The van der Waals surface area contributed by atoms with E-state index in [0.717, 1.165) is 48.3 Å². The number of nitrogen functional groups attached to an aromatic ring is 1. The number of nitrogens with zero attached hydrogens (tertiary/aromatic N) is 5.